The lowest BCUT2D eigenvalue weighted by Crippen LogP contribution is -2.13. The monoisotopic (exact) mass is 446 g/mol. The molecule has 0 bridgehead atoms. The number of hydrogen-bond acceptors (Lipinski definition) is 0. The van der Waals surface area contributed by atoms with Gasteiger partial charge in [0.05, 0.1) is 0 Å². The van der Waals surface area contributed by atoms with Crippen molar-refractivity contribution in [1.29, 1.82) is 0 Å². The minimum atomic E-state index is 0.641. The maximum atomic E-state index is 3.99. The summed E-state index contributed by atoms with van der Waals surface area (Å²) in [5.41, 5.74) is 10.2. The molecule has 0 aliphatic heterocycles. The number of fused-ring (bicyclic) bond motifs is 1. The molecule has 0 spiro atoms. The van der Waals surface area contributed by atoms with Crippen LogP contribution in [0.1, 0.15) is 78.2 Å². The van der Waals surface area contributed by atoms with Gasteiger partial charge in [-0.1, -0.05) is 78.9 Å². The van der Waals surface area contributed by atoms with Gasteiger partial charge < -0.3 is 0 Å². The molecule has 0 heteroatoms. The molecule has 0 radical (unpaired) electrons. The summed E-state index contributed by atoms with van der Waals surface area (Å²) in [6.07, 6.45) is 15.1. The smallest absolute Gasteiger partial charge is 0.0118 e. The van der Waals surface area contributed by atoms with Gasteiger partial charge in [-0.05, 0) is 114 Å². The zero-order valence-electron chi connectivity index (χ0n) is 20.5. The average molecular weight is 447 g/mol. The van der Waals surface area contributed by atoms with E-state index in [1.807, 2.05) is 6.08 Å². The van der Waals surface area contributed by atoms with Crippen LogP contribution in [-0.4, -0.2) is 0 Å². The highest BCUT2D eigenvalue weighted by atomic mass is 14.3. The van der Waals surface area contributed by atoms with Gasteiger partial charge in [0.1, 0.15) is 0 Å². The molecule has 2 aliphatic rings. The minimum Gasteiger partial charge on any atom is -0.103 e. The predicted octanol–water partition coefficient (Wildman–Crippen LogP) is 9.20. The Bertz CT molecular complexity index is 1110. The molecule has 34 heavy (non-hydrogen) atoms. The van der Waals surface area contributed by atoms with Crippen LogP contribution in [0.4, 0.5) is 0 Å². The number of aryl methyl sites for hydroxylation is 2. The zero-order valence-corrected chi connectivity index (χ0v) is 20.5. The van der Waals surface area contributed by atoms with Gasteiger partial charge in [-0.2, -0.15) is 0 Å². The Morgan fingerprint density at radius 1 is 0.676 bits per heavy atom. The third-order valence-electron chi connectivity index (χ3n) is 8.34. The van der Waals surface area contributed by atoms with Crippen LogP contribution in [0, 0.1) is 5.92 Å². The zero-order chi connectivity index (χ0) is 23.3. The van der Waals surface area contributed by atoms with Gasteiger partial charge in [-0.3, -0.25) is 0 Å². The second-order valence-electron chi connectivity index (χ2n) is 10.5. The van der Waals surface area contributed by atoms with Gasteiger partial charge in [0.2, 0.25) is 0 Å². The number of allylic oxidation sites excluding steroid dienone is 2. The molecule has 2 aliphatic carbocycles. The molecule has 5 rings (SSSR count). The first-order valence-corrected chi connectivity index (χ1v) is 13.3. The molecule has 174 valence electrons. The molecule has 0 N–H and O–H groups in total. The maximum absolute atomic E-state index is 3.99. The highest BCUT2D eigenvalue weighted by molar-refractivity contribution is 5.65. The van der Waals surface area contributed by atoms with E-state index in [0.717, 1.165) is 31.1 Å². The molecule has 0 heterocycles. The summed E-state index contributed by atoms with van der Waals surface area (Å²) in [7, 11) is 0. The Kier molecular flexibility index (Phi) is 7.14. The summed E-state index contributed by atoms with van der Waals surface area (Å²) in [5.74, 6) is 2.09. The Balaban J connectivity index is 1.25. The molecule has 0 saturated heterocycles. The molecule has 0 amide bonds. The van der Waals surface area contributed by atoms with Crippen molar-refractivity contribution < 1.29 is 0 Å². The van der Waals surface area contributed by atoms with Gasteiger partial charge in [0.25, 0.3) is 0 Å². The summed E-state index contributed by atoms with van der Waals surface area (Å²) in [4.78, 5) is 0. The average Bonchev–Trinajstić information content (AvgIpc) is 2.92. The highest BCUT2D eigenvalue weighted by Gasteiger charge is 2.22. The molecule has 3 aromatic rings. The Morgan fingerprint density at radius 2 is 1.35 bits per heavy atom. The van der Waals surface area contributed by atoms with Crippen molar-refractivity contribution >= 4 is 0 Å². The maximum Gasteiger partial charge on any atom is -0.0118 e. The van der Waals surface area contributed by atoms with Crippen LogP contribution >= 0.6 is 0 Å². The largest absolute Gasteiger partial charge is 0.103 e. The van der Waals surface area contributed by atoms with Crippen molar-refractivity contribution in [3.05, 3.63) is 120 Å². The summed E-state index contributed by atoms with van der Waals surface area (Å²) in [5, 5.41) is 0. The molecule has 1 unspecified atom stereocenters. The van der Waals surface area contributed by atoms with Gasteiger partial charge in [-0.25, -0.2) is 0 Å². The Morgan fingerprint density at radius 3 is 2.06 bits per heavy atom. The summed E-state index contributed by atoms with van der Waals surface area (Å²) in [6, 6.07) is 26.0. The van der Waals surface area contributed by atoms with E-state index < -0.39 is 0 Å². The van der Waals surface area contributed by atoms with Crippen LogP contribution in [0.2, 0.25) is 0 Å². The summed E-state index contributed by atoms with van der Waals surface area (Å²) >= 11 is 0. The molecular weight excluding hydrogens is 408 g/mol. The van der Waals surface area contributed by atoms with E-state index in [9.17, 15) is 0 Å². The lowest BCUT2D eigenvalue weighted by atomic mass is 9.78. The van der Waals surface area contributed by atoms with Crippen LogP contribution < -0.4 is 0 Å². The highest BCUT2D eigenvalue weighted by Crippen LogP contribution is 2.38. The fourth-order valence-corrected chi connectivity index (χ4v) is 6.08. The lowest BCUT2D eigenvalue weighted by molar-refractivity contribution is 0.376. The third-order valence-corrected chi connectivity index (χ3v) is 8.34. The third kappa shape index (κ3) is 5.12. The molecule has 0 nitrogen and oxygen atoms in total. The van der Waals surface area contributed by atoms with Crippen molar-refractivity contribution in [2.75, 3.05) is 0 Å². The van der Waals surface area contributed by atoms with Crippen molar-refractivity contribution in [2.24, 2.45) is 5.92 Å². The normalized spacial score (nSPS) is 22.1. The van der Waals surface area contributed by atoms with Crippen molar-refractivity contribution in [3.8, 4) is 11.1 Å². The first-order chi connectivity index (χ1) is 16.7. The van der Waals surface area contributed by atoms with Crippen LogP contribution in [0.3, 0.4) is 0 Å². The van der Waals surface area contributed by atoms with Crippen LogP contribution in [0.25, 0.3) is 11.1 Å². The van der Waals surface area contributed by atoms with E-state index in [4.69, 9.17) is 0 Å². The second kappa shape index (κ2) is 10.6. The van der Waals surface area contributed by atoms with E-state index in [1.165, 1.54) is 71.9 Å². The first kappa shape index (κ1) is 22.9. The molecular formula is C34H38. The van der Waals surface area contributed by atoms with Crippen molar-refractivity contribution in [3.63, 3.8) is 0 Å². The van der Waals surface area contributed by atoms with Crippen molar-refractivity contribution in [1.82, 2.24) is 0 Å². The summed E-state index contributed by atoms with van der Waals surface area (Å²) in [6.45, 7) is 7.83. The quantitative estimate of drug-likeness (QED) is 0.317. The molecule has 3 aromatic carbocycles. The van der Waals surface area contributed by atoms with E-state index in [1.54, 1.807) is 5.56 Å². The van der Waals surface area contributed by atoms with Gasteiger partial charge >= 0.3 is 0 Å². The van der Waals surface area contributed by atoms with E-state index >= 15 is 0 Å². The molecule has 0 aromatic heterocycles. The van der Waals surface area contributed by atoms with Gasteiger partial charge in [0, 0.05) is 0 Å². The lowest BCUT2D eigenvalue weighted by Gasteiger charge is -2.27. The summed E-state index contributed by atoms with van der Waals surface area (Å²) < 4.78 is 0. The Labute approximate surface area is 206 Å². The predicted molar refractivity (Wildman–Crippen MR) is 146 cm³/mol. The second-order valence-corrected chi connectivity index (χ2v) is 10.5. The fraction of sp³-hybridized carbons (Fsp3) is 0.353. The minimum absolute atomic E-state index is 0.641. The SMILES string of the molecule is C=CCCc1ccc(C2CCc3cc(-c4ccc(C5CCC(C=C)CC5)cc4)ccc3C2)cc1. The fourth-order valence-electron chi connectivity index (χ4n) is 6.08. The van der Waals surface area contributed by atoms with E-state index in [0.29, 0.717) is 5.92 Å². The van der Waals surface area contributed by atoms with Crippen LogP contribution in [-0.2, 0) is 19.3 Å². The molecule has 1 saturated carbocycles. The van der Waals surface area contributed by atoms with Gasteiger partial charge in [0.15, 0.2) is 0 Å². The topological polar surface area (TPSA) is 0 Å². The first-order valence-electron chi connectivity index (χ1n) is 13.3. The van der Waals surface area contributed by atoms with Crippen LogP contribution in [0.15, 0.2) is 92.0 Å². The number of rotatable bonds is 7. The van der Waals surface area contributed by atoms with Crippen LogP contribution in [0.5, 0.6) is 0 Å². The van der Waals surface area contributed by atoms with Crippen molar-refractivity contribution in [2.45, 2.75) is 69.6 Å². The van der Waals surface area contributed by atoms with E-state index in [2.05, 4.69) is 86.0 Å². The van der Waals surface area contributed by atoms with E-state index in [-0.39, 0.29) is 0 Å². The molecule has 1 atom stereocenters. The standard InChI is InChI=1S/C34H38/c1-3-5-6-26-9-13-29(14-10-26)31-19-21-34-24-32(20-22-33(34)23-31)30-17-15-28(16-18-30)27-11-7-25(4-2)8-12-27/h3-4,9-10,13-18,20,22,24-25,27,31H,1-2,5-8,11-12,19,21,23H2. The Hall–Kier alpha value is -2.86. The number of hydrogen-bond donors (Lipinski definition) is 0. The number of benzene rings is 3. The molecule has 1 fully saturated rings. The van der Waals surface area contributed by atoms with Gasteiger partial charge in [-0.15, -0.1) is 13.2 Å².